The highest BCUT2D eigenvalue weighted by atomic mass is 14.9. The summed E-state index contributed by atoms with van der Waals surface area (Å²) in [5.74, 6) is 0. The van der Waals surface area contributed by atoms with Crippen LogP contribution in [0.1, 0.15) is 5.56 Å². The summed E-state index contributed by atoms with van der Waals surface area (Å²) in [6.07, 6.45) is 0. The summed E-state index contributed by atoms with van der Waals surface area (Å²) in [5, 5.41) is 7.19. The van der Waals surface area contributed by atoms with Crippen LogP contribution in [0.15, 0.2) is 127 Å². The van der Waals surface area contributed by atoms with Gasteiger partial charge in [-0.2, -0.15) is 0 Å². The third kappa shape index (κ3) is 4.81. The van der Waals surface area contributed by atoms with Crippen molar-refractivity contribution in [2.45, 2.75) is 6.92 Å². The molecule has 2 N–H and O–H groups in total. The maximum Gasteiger partial charge on any atom is 0.0464 e. The fourth-order valence-electron chi connectivity index (χ4n) is 3.99. The van der Waals surface area contributed by atoms with E-state index in [4.69, 9.17) is 0 Å². The van der Waals surface area contributed by atoms with Crippen LogP contribution in [0.4, 0.5) is 22.7 Å². The van der Waals surface area contributed by atoms with E-state index < -0.39 is 0 Å². The molecule has 0 atom stereocenters. The Hall–Kier alpha value is -4.30. The first-order valence-electron chi connectivity index (χ1n) is 11.2. The first-order valence-corrected chi connectivity index (χ1v) is 11.2. The predicted molar refractivity (Wildman–Crippen MR) is 142 cm³/mol. The topological polar surface area (TPSA) is 24.1 Å². The molecule has 0 fully saturated rings. The lowest BCUT2D eigenvalue weighted by molar-refractivity contribution is 1.45. The minimum Gasteiger partial charge on any atom is -0.355 e. The van der Waals surface area contributed by atoms with Gasteiger partial charge in [0.25, 0.3) is 0 Å². The van der Waals surface area contributed by atoms with E-state index in [-0.39, 0.29) is 0 Å². The van der Waals surface area contributed by atoms with Crippen LogP contribution in [0.3, 0.4) is 0 Å². The number of nitrogens with one attached hydrogen (secondary N) is 2. The summed E-state index contributed by atoms with van der Waals surface area (Å²) >= 11 is 0. The van der Waals surface area contributed by atoms with Crippen LogP contribution >= 0.6 is 0 Å². The van der Waals surface area contributed by atoms with E-state index in [9.17, 15) is 0 Å². The molecule has 0 spiro atoms. The lowest BCUT2D eigenvalue weighted by Crippen LogP contribution is -1.96. The second kappa shape index (κ2) is 9.46. The monoisotopic (exact) mass is 426 g/mol. The fourth-order valence-corrected chi connectivity index (χ4v) is 3.99. The van der Waals surface area contributed by atoms with Crippen molar-refractivity contribution < 1.29 is 0 Å². The molecule has 0 aliphatic carbocycles. The summed E-state index contributed by atoms with van der Waals surface area (Å²) in [6.45, 7) is 2.11. The van der Waals surface area contributed by atoms with Gasteiger partial charge in [0.15, 0.2) is 0 Å². The molecule has 2 nitrogen and oxygen atoms in total. The minimum atomic E-state index is 1.07. The van der Waals surface area contributed by atoms with Crippen molar-refractivity contribution in [2.24, 2.45) is 0 Å². The van der Waals surface area contributed by atoms with Crippen molar-refractivity contribution in [3.63, 3.8) is 0 Å². The van der Waals surface area contributed by atoms with E-state index in [1.165, 1.54) is 27.8 Å². The molecule has 5 aromatic carbocycles. The molecule has 0 bridgehead atoms. The molecule has 0 aliphatic rings. The number of rotatable bonds is 6. The van der Waals surface area contributed by atoms with Crippen LogP contribution in [-0.4, -0.2) is 0 Å². The Morgan fingerprint density at radius 2 is 1.00 bits per heavy atom. The first-order chi connectivity index (χ1) is 16.3. The van der Waals surface area contributed by atoms with Gasteiger partial charge in [0, 0.05) is 33.9 Å². The molecule has 0 radical (unpaired) electrons. The molecule has 0 saturated heterocycles. The van der Waals surface area contributed by atoms with Gasteiger partial charge in [-0.25, -0.2) is 0 Å². The van der Waals surface area contributed by atoms with E-state index in [1.54, 1.807) is 0 Å². The summed E-state index contributed by atoms with van der Waals surface area (Å²) in [5.41, 5.74) is 10.3. The molecule has 160 valence electrons. The molecule has 0 saturated carbocycles. The van der Waals surface area contributed by atoms with Crippen LogP contribution < -0.4 is 10.6 Å². The van der Waals surface area contributed by atoms with E-state index in [2.05, 4.69) is 127 Å². The van der Waals surface area contributed by atoms with Crippen LogP contribution in [0.2, 0.25) is 0 Å². The molecule has 0 amide bonds. The zero-order chi connectivity index (χ0) is 22.5. The summed E-state index contributed by atoms with van der Waals surface area (Å²) in [4.78, 5) is 0. The third-order valence-electron chi connectivity index (χ3n) is 5.73. The van der Waals surface area contributed by atoms with Crippen molar-refractivity contribution in [2.75, 3.05) is 10.6 Å². The summed E-state index contributed by atoms with van der Waals surface area (Å²) in [6, 6.07) is 44.4. The number of para-hydroxylation sites is 2. The van der Waals surface area contributed by atoms with E-state index >= 15 is 0 Å². The Bertz CT molecular complexity index is 1340. The third-order valence-corrected chi connectivity index (χ3v) is 5.73. The largest absolute Gasteiger partial charge is 0.355 e. The Balaban J connectivity index is 1.57. The highest BCUT2D eigenvalue weighted by Crippen LogP contribution is 2.37. The number of hydrogen-bond donors (Lipinski definition) is 2. The highest BCUT2D eigenvalue weighted by molar-refractivity contribution is 5.89. The molecule has 0 unspecified atom stereocenters. The molecule has 0 aliphatic heterocycles. The Morgan fingerprint density at radius 1 is 0.424 bits per heavy atom. The standard InChI is InChI=1S/C31H26N2/c1-23-16-19-27(20-17-23)33-31-21-18-25(22-29(31)24-10-4-2-5-11-24)28-14-8-9-15-30(28)32-26-12-6-3-7-13-26/h2-22,32-33H,1H3. The predicted octanol–water partition coefficient (Wildman–Crippen LogP) is 8.82. The van der Waals surface area contributed by atoms with Crippen LogP contribution in [0, 0.1) is 6.92 Å². The van der Waals surface area contributed by atoms with E-state index in [0.29, 0.717) is 0 Å². The first kappa shape index (κ1) is 20.6. The molecular weight excluding hydrogens is 400 g/mol. The Morgan fingerprint density at radius 3 is 1.73 bits per heavy atom. The molecule has 2 heteroatoms. The van der Waals surface area contributed by atoms with Crippen molar-refractivity contribution in [3.05, 3.63) is 133 Å². The number of hydrogen-bond acceptors (Lipinski definition) is 2. The quantitative estimate of drug-likeness (QED) is 0.283. The molecule has 33 heavy (non-hydrogen) atoms. The maximum absolute atomic E-state index is 3.62. The summed E-state index contributed by atoms with van der Waals surface area (Å²) in [7, 11) is 0. The second-order valence-electron chi connectivity index (χ2n) is 8.15. The van der Waals surface area contributed by atoms with Gasteiger partial charge in [0.2, 0.25) is 0 Å². The van der Waals surface area contributed by atoms with Gasteiger partial charge in [-0.15, -0.1) is 0 Å². The SMILES string of the molecule is Cc1ccc(Nc2ccc(-c3ccccc3Nc3ccccc3)cc2-c2ccccc2)cc1. The van der Waals surface area contributed by atoms with Crippen LogP contribution in [0.5, 0.6) is 0 Å². The van der Waals surface area contributed by atoms with Crippen molar-refractivity contribution in [1.29, 1.82) is 0 Å². The van der Waals surface area contributed by atoms with Gasteiger partial charge in [-0.05, 0) is 60.5 Å². The highest BCUT2D eigenvalue weighted by Gasteiger charge is 2.11. The summed E-state index contributed by atoms with van der Waals surface area (Å²) < 4.78 is 0. The molecule has 0 heterocycles. The maximum atomic E-state index is 3.62. The van der Waals surface area contributed by atoms with Gasteiger partial charge < -0.3 is 10.6 Å². The van der Waals surface area contributed by atoms with Crippen LogP contribution in [0.25, 0.3) is 22.3 Å². The normalized spacial score (nSPS) is 10.6. The zero-order valence-corrected chi connectivity index (χ0v) is 18.6. The fraction of sp³-hybridized carbons (Fsp3) is 0.0323. The smallest absolute Gasteiger partial charge is 0.0464 e. The minimum absolute atomic E-state index is 1.07. The lowest BCUT2D eigenvalue weighted by Gasteiger charge is -2.17. The molecular formula is C31H26N2. The molecule has 5 aromatic rings. The molecule has 5 rings (SSSR count). The number of anilines is 4. The Labute approximate surface area is 195 Å². The average molecular weight is 427 g/mol. The number of benzene rings is 5. The lowest BCUT2D eigenvalue weighted by atomic mass is 9.96. The van der Waals surface area contributed by atoms with Crippen LogP contribution in [-0.2, 0) is 0 Å². The average Bonchev–Trinajstić information content (AvgIpc) is 2.87. The van der Waals surface area contributed by atoms with Gasteiger partial charge in [0.1, 0.15) is 0 Å². The van der Waals surface area contributed by atoms with Gasteiger partial charge in [-0.1, -0.05) is 90.5 Å². The zero-order valence-electron chi connectivity index (χ0n) is 18.6. The number of aryl methyl sites for hydroxylation is 1. The van der Waals surface area contributed by atoms with Gasteiger partial charge in [-0.3, -0.25) is 0 Å². The Kier molecular flexibility index (Phi) is 5.90. The van der Waals surface area contributed by atoms with Gasteiger partial charge >= 0.3 is 0 Å². The molecule has 0 aromatic heterocycles. The van der Waals surface area contributed by atoms with Crippen molar-refractivity contribution >= 4 is 22.7 Å². The van der Waals surface area contributed by atoms with E-state index in [1.807, 2.05) is 18.2 Å². The van der Waals surface area contributed by atoms with Crippen molar-refractivity contribution in [1.82, 2.24) is 0 Å². The van der Waals surface area contributed by atoms with E-state index in [0.717, 1.165) is 22.7 Å². The van der Waals surface area contributed by atoms with Crippen molar-refractivity contribution in [3.8, 4) is 22.3 Å². The second-order valence-corrected chi connectivity index (χ2v) is 8.15. The van der Waals surface area contributed by atoms with Gasteiger partial charge in [0.05, 0.1) is 0 Å².